The minimum absolute atomic E-state index is 0.168. The van der Waals surface area contributed by atoms with E-state index in [9.17, 15) is 4.39 Å². The van der Waals surface area contributed by atoms with E-state index in [0.717, 1.165) is 10.7 Å². The average molecular weight is 267 g/mol. The molecule has 0 bridgehead atoms. The fourth-order valence-corrected chi connectivity index (χ4v) is 2.17. The summed E-state index contributed by atoms with van der Waals surface area (Å²) >= 11 is 1.59. The highest BCUT2D eigenvalue weighted by molar-refractivity contribution is 7.09. The second-order valence-corrected chi connectivity index (χ2v) is 4.85. The van der Waals surface area contributed by atoms with Gasteiger partial charge < -0.3 is 15.8 Å². The summed E-state index contributed by atoms with van der Waals surface area (Å²) in [7, 11) is 1.42. The fraction of sp³-hybridized carbons (Fsp3) is 0.250. The Labute approximate surface area is 109 Å². The van der Waals surface area contributed by atoms with Crippen LogP contribution in [0.4, 0.5) is 15.8 Å². The molecule has 96 valence electrons. The largest absolute Gasteiger partial charge is 0.494 e. The van der Waals surface area contributed by atoms with Gasteiger partial charge in [-0.05, 0) is 6.92 Å². The Morgan fingerprint density at radius 2 is 2.28 bits per heavy atom. The molecule has 0 fully saturated rings. The quantitative estimate of drug-likeness (QED) is 0.836. The number of methoxy groups -OCH3 is 1. The third kappa shape index (κ3) is 2.70. The molecule has 0 aliphatic rings. The van der Waals surface area contributed by atoms with E-state index in [2.05, 4.69) is 10.3 Å². The molecule has 4 nitrogen and oxygen atoms in total. The number of hydrogen-bond donors (Lipinski definition) is 2. The van der Waals surface area contributed by atoms with E-state index in [4.69, 9.17) is 10.5 Å². The third-order valence-corrected chi connectivity index (χ3v) is 3.27. The Morgan fingerprint density at radius 1 is 1.50 bits per heavy atom. The fourth-order valence-electron chi connectivity index (χ4n) is 1.55. The zero-order valence-corrected chi connectivity index (χ0v) is 11.0. The molecule has 0 radical (unpaired) electrons. The van der Waals surface area contributed by atoms with E-state index in [0.29, 0.717) is 17.9 Å². The third-order valence-electron chi connectivity index (χ3n) is 2.45. The second-order valence-electron chi connectivity index (χ2n) is 3.79. The van der Waals surface area contributed by atoms with Crippen molar-refractivity contribution >= 4 is 22.7 Å². The number of thiazole rings is 1. The van der Waals surface area contributed by atoms with Gasteiger partial charge in [0.05, 0.1) is 35.7 Å². The summed E-state index contributed by atoms with van der Waals surface area (Å²) < 4.78 is 18.3. The predicted molar refractivity (Wildman–Crippen MR) is 71.5 cm³/mol. The van der Waals surface area contributed by atoms with Crippen molar-refractivity contribution in [2.24, 2.45) is 0 Å². The number of hydrogen-bond acceptors (Lipinski definition) is 5. The summed E-state index contributed by atoms with van der Waals surface area (Å²) in [5.41, 5.74) is 7.65. The van der Waals surface area contributed by atoms with Gasteiger partial charge in [0.15, 0.2) is 11.6 Å². The molecule has 1 aromatic heterocycles. The van der Waals surface area contributed by atoms with Crippen LogP contribution < -0.4 is 15.8 Å². The van der Waals surface area contributed by atoms with Crippen molar-refractivity contribution in [3.8, 4) is 5.75 Å². The summed E-state index contributed by atoms with van der Waals surface area (Å²) in [5, 5.41) is 6.10. The number of ether oxygens (including phenoxy) is 1. The number of rotatable bonds is 4. The van der Waals surface area contributed by atoms with Gasteiger partial charge in [-0.2, -0.15) is 0 Å². The topological polar surface area (TPSA) is 60.2 Å². The van der Waals surface area contributed by atoms with E-state index in [1.807, 2.05) is 12.3 Å². The van der Waals surface area contributed by atoms with Crippen LogP contribution >= 0.6 is 11.3 Å². The van der Waals surface area contributed by atoms with Crippen LogP contribution in [0.1, 0.15) is 10.7 Å². The molecule has 0 saturated carbocycles. The number of nitrogens with zero attached hydrogens (tertiary/aromatic N) is 1. The molecule has 0 saturated heterocycles. The van der Waals surface area contributed by atoms with Crippen molar-refractivity contribution in [2.75, 3.05) is 18.2 Å². The standard InChI is InChI=1S/C12H14FN3OS/c1-7-16-8(6-18-7)5-15-11-4-12(17-2)9(13)3-10(11)14/h3-4,6,15H,5,14H2,1-2H3. The van der Waals surface area contributed by atoms with Gasteiger partial charge in [0, 0.05) is 17.5 Å². The molecule has 0 atom stereocenters. The van der Waals surface area contributed by atoms with Crippen molar-refractivity contribution in [1.29, 1.82) is 0 Å². The number of nitrogens with one attached hydrogen (secondary N) is 1. The number of halogens is 1. The van der Waals surface area contributed by atoms with Gasteiger partial charge >= 0.3 is 0 Å². The molecule has 1 heterocycles. The van der Waals surface area contributed by atoms with Crippen molar-refractivity contribution < 1.29 is 9.13 Å². The van der Waals surface area contributed by atoms with E-state index in [1.54, 1.807) is 17.4 Å². The number of benzene rings is 1. The van der Waals surface area contributed by atoms with Gasteiger partial charge in [0.1, 0.15) is 0 Å². The minimum atomic E-state index is -0.468. The van der Waals surface area contributed by atoms with Gasteiger partial charge in [-0.25, -0.2) is 9.37 Å². The Hall–Kier alpha value is -1.82. The minimum Gasteiger partial charge on any atom is -0.494 e. The molecule has 0 spiro atoms. The molecule has 0 amide bonds. The molecule has 18 heavy (non-hydrogen) atoms. The Kier molecular flexibility index (Phi) is 3.66. The number of nitrogens with two attached hydrogens (primary N) is 1. The van der Waals surface area contributed by atoms with E-state index < -0.39 is 5.82 Å². The predicted octanol–water partition coefficient (Wildman–Crippen LogP) is 2.79. The number of anilines is 2. The molecule has 3 N–H and O–H groups in total. The molecule has 2 aromatic rings. The molecule has 1 aromatic carbocycles. The molecule has 6 heteroatoms. The second kappa shape index (κ2) is 5.22. The summed E-state index contributed by atoms with van der Waals surface area (Å²) in [6.45, 7) is 2.49. The van der Waals surface area contributed by atoms with Crippen LogP contribution in [0.15, 0.2) is 17.5 Å². The van der Waals surface area contributed by atoms with Gasteiger partial charge in [-0.1, -0.05) is 0 Å². The van der Waals surface area contributed by atoms with Crippen molar-refractivity contribution in [3.63, 3.8) is 0 Å². The van der Waals surface area contributed by atoms with E-state index in [-0.39, 0.29) is 5.75 Å². The van der Waals surface area contributed by atoms with E-state index >= 15 is 0 Å². The smallest absolute Gasteiger partial charge is 0.167 e. The van der Waals surface area contributed by atoms with Crippen LogP contribution in [0, 0.1) is 12.7 Å². The zero-order chi connectivity index (χ0) is 13.1. The monoisotopic (exact) mass is 267 g/mol. The van der Waals surface area contributed by atoms with Crippen LogP contribution in [0.5, 0.6) is 5.75 Å². The Morgan fingerprint density at radius 3 is 2.89 bits per heavy atom. The lowest BCUT2D eigenvalue weighted by Gasteiger charge is -2.10. The van der Waals surface area contributed by atoms with Gasteiger partial charge in [-0.3, -0.25) is 0 Å². The van der Waals surface area contributed by atoms with Crippen LogP contribution in [-0.4, -0.2) is 12.1 Å². The average Bonchev–Trinajstić information content (AvgIpc) is 2.74. The molecule has 2 rings (SSSR count). The Bertz CT molecular complexity index is 556. The van der Waals surface area contributed by atoms with Gasteiger partial charge in [0.2, 0.25) is 0 Å². The van der Waals surface area contributed by atoms with E-state index in [1.165, 1.54) is 13.2 Å². The highest BCUT2D eigenvalue weighted by atomic mass is 32.1. The maximum Gasteiger partial charge on any atom is 0.167 e. The molecule has 0 unspecified atom stereocenters. The molecular weight excluding hydrogens is 253 g/mol. The number of aromatic nitrogens is 1. The lowest BCUT2D eigenvalue weighted by molar-refractivity contribution is 0.387. The summed E-state index contributed by atoms with van der Waals surface area (Å²) in [6, 6.07) is 2.79. The summed E-state index contributed by atoms with van der Waals surface area (Å²) in [6.07, 6.45) is 0. The number of nitrogen functional groups attached to an aromatic ring is 1. The first kappa shape index (κ1) is 12.6. The summed E-state index contributed by atoms with van der Waals surface area (Å²) in [4.78, 5) is 4.33. The molecule has 0 aliphatic carbocycles. The van der Waals surface area contributed by atoms with Crippen molar-refractivity contribution in [2.45, 2.75) is 13.5 Å². The lowest BCUT2D eigenvalue weighted by Crippen LogP contribution is -2.04. The lowest BCUT2D eigenvalue weighted by atomic mass is 10.2. The molecular formula is C12H14FN3OS. The first-order chi connectivity index (χ1) is 8.60. The van der Waals surface area contributed by atoms with Crippen LogP contribution in [0.3, 0.4) is 0 Å². The SMILES string of the molecule is COc1cc(NCc2csc(C)n2)c(N)cc1F. The first-order valence-electron chi connectivity index (χ1n) is 5.38. The van der Waals surface area contributed by atoms with Crippen molar-refractivity contribution in [3.05, 3.63) is 34.0 Å². The van der Waals surface area contributed by atoms with Gasteiger partial charge in [-0.15, -0.1) is 11.3 Å². The molecule has 0 aliphatic heterocycles. The highest BCUT2D eigenvalue weighted by Crippen LogP contribution is 2.28. The van der Waals surface area contributed by atoms with Crippen LogP contribution in [0.2, 0.25) is 0 Å². The normalized spacial score (nSPS) is 10.4. The highest BCUT2D eigenvalue weighted by Gasteiger charge is 2.08. The number of aryl methyl sites for hydroxylation is 1. The van der Waals surface area contributed by atoms with Crippen LogP contribution in [0.25, 0.3) is 0 Å². The van der Waals surface area contributed by atoms with Crippen molar-refractivity contribution in [1.82, 2.24) is 4.98 Å². The first-order valence-corrected chi connectivity index (χ1v) is 6.26. The zero-order valence-electron chi connectivity index (χ0n) is 10.2. The summed E-state index contributed by atoms with van der Waals surface area (Å²) in [5.74, 6) is -0.300. The van der Waals surface area contributed by atoms with Crippen LogP contribution in [-0.2, 0) is 6.54 Å². The Balaban J connectivity index is 2.13. The maximum absolute atomic E-state index is 13.4. The van der Waals surface area contributed by atoms with Gasteiger partial charge in [0.25, 0.3) is 0 Å². The maximum atomic E-state index is 13.4.